The van der Waals surface area contributed by atoms with Gasteiger partial charge in [0.25, 0.3) is 0 Å². The molecule has 0 amide bonds. The number of hydrogen-bond acceptors (Lipinski definition) is 4. The van der Waals surface area contributed by atoms with E-state index in [-0.39, 0.29) is 0 Å². The third-order valence-corrected chi connectivity index (χ3v) is 4.32. The van der Waals surface area contributed by atoms with Crippen LogP contribution in [0, 0.1) is 0 Å². The molecule has 2 unspecified atom stereocenters. The fraction of sp³-hybridized carbons (Fsp3) is 0.727. The van der Waals surface area contributed by atoms with Gasteiger partial charge in [0.05, 0.1) is 30.8 Å². The van der Waals surface area contributed by atoms with Crippen molar-refractivity contribution in [3.63, 3.8) is 0 Å². The summed E-state index contributed by atoms with van der Waals surface area (Å²) in [6.45, 7) is 7.03. The molecule has 2 rings (SSSR count). The minimum absolute atomic E-state index is 0.362. The molecule has 5 heteroatoms. The summed E-state index contributed by atoms with van der Waals surface area (Å²) in [5.74, 6) is 0.502. The Morgan fingerprint density at radius 2 is 2.56 bits per heavy atom. The Balaban J connectivity index is 2.07. The number of alkyl halides is 1. The van der Waals surface area contributed by atoms with Crippen molar-refractivity contribution >= 4 is 22.9 Å². The second-order valence-electron chi connectivity index (χ2n) is 4.15. The van der Waals surface area contributed by atoms with Crippen LogP contribution in [0.25, 0.3) is 0 Å². The zero-order valence-corrected chi connectivity index (χ0v) is 11.2. The molecule has 2 heterocycles. The molecule has 2 atom stereocenters. The van der Waals surface area contributed by atoms with Crippen molar-refractivity contribution in [2.45, 2.75) is 31.8 Å². The molecule has 1 fully saturated rings. The van der Waals surface area contributed by atoms with Gasteiger partial charge in [0.1, 0.15) is 5.01 Å². The summed E-state index contributed by atoms with van der Waals surface area (Å²) in [5.41, 5.74) is 0.981. The first-order valence-electron chi connectivity index (χ1n) is 5.56. The molecule has 1 aromatic heterocycles. The lowest BCUT2D eigenvalue weighted by atomic mass is 10.2. The first-order valence-corrected chi connectivity index (χ1v) is 6.97. The molecule has 0 aromatic carbocycles. The molecule has 0 N–H and O–H groups in total. The highest BCUT2D eigenvalue weighted by molar-refractivity contribution is 7.09. The van der Waals surface area contributed by atoms with Gasteiger partial charge in [-0.15, -0.1) is 22.9 Å². The molecule has 1 aliphatic rings. The number of aromatic nitrogens is 1. The van der Waals surface area contributed by atoms with Crippen LogP contribution in [0.5, 0.6) is 0 Å². The van der Waals surface area contributed by atoms with Crippen LogP contribution in [-0.2, 0) is 10.6 Å². The molecular weight excluding hydrogens is 244 g/mol. The van der Waals surface area contributed by atoms with Crippen molar-refractivity contribution < 1.29 is 4.74 Å². The zero-order valence-electron chi connectivity index (χ0n) is 9.65. The second-order valence-corrected chi connectivity index (χ2v) is 5.31. The summed E-state index contributed by atoms with van der Waals surface area (Å²) in [7, 11) is 0. The Morgan fingerprint density at radius 3 is 3.19 bits per heavy atom. The lowest BCUT2D eigenvalue weighted by Gasteiger charge is -2.36. The SMILES string of the molecule is CC1COCCN1C(C)c1nc(CCl)cs1. The predicted molar refractivity (Wildman–Crippen MR) is 67.1 cm³/mol. The summed E-state index contributed by atoms with van der Waals surface area (Å²) in [4.78, 5) is 6.99. The summed E-state index contributed by atoms with van der Waals surface area (Å²) >= 11 is 7.47. The van der Waals surface area contributed by atoms with E-state index < -0.39 is 0 Å². The molecule has 0 spiro atoms. The van der Waals surface area contributed by atoms with Crippen LogP contribution in [-0.4, -0.2) is 35.7 Å². The molecule has 1 saturated heterocycles. The topological polar surface area (TPSA) is 25.4 Å². The minimum atomic E-state index is 0.362. The van der Waals surface area contributed by atoms with Gasteiger partial charge in [-0.25, -0.2) is 4.98 Å². The third-order valence-electron chi connectivity index (χ3n) is 2.98. The summed E-state index contributed by atoms with van der Waals surface area (Å²) < 4.78 is 5.44. The Hall–Kier alpha value is -0.160. The van der Waals surface area contributed by atoms with E-state index in [9.17, 15) is 0 Å². The summed E-state index contributed by atoms with van der Waals surface area (Å²) in [6.07, 6.45) is 0. The fourth-order valence-electron chi connectivity index (χ4n) is 2.03. The smallest absolute Gasteiger partial charge is 0.110 e. The van der Waals surface area contributed by atoms with Crippen LogP contribution in [0.4, 0.5) is 0 Å². The van der Waals surface area contributed by atoms with Crippen molar-refractivity contribution in [3.8, 4) is 0 Å². The summed E-state index contributed by atoms with van der Waals surface area (Å²) in [6, 6.07) is 0.827. The van der Waals surface area contributed by atoms with Crippen LogP contribution in [0.15, 0.2) is 5.38 Å². The van der Waals surface area contributed by atoms with Gasteiger partial charge in [0, 0.05) is 18.0 Å². The van der Waals surface area contributed by atoms with Crippen molar-refractivity contribution in [2.24, 2.45) is 0 Å². The molecule has 1 aliphatic heterocycles. The van der Waals surface area contributed by atoms with E-state index in [1.54, 1.807) is 11.3 Å². The standard InChI is InChI=1S/C11H17ClN2OS/c1-8-6-15-4-3-14(8)9(2)11-13-10(5-12)7-16-11/h7-9H,3-6H2,1-2H3. The zero-order chi connectivity index (χ0) is 11.5. The molecule has 1 aromatic rings. The molecule has 90 valence electrons. The average molecular weight is 261 g/mol. The van der Waals surface area contributed by atoms with E-state index >= 15 is 0 Å². The number of halogens is 1. The van der Waals surface area contributed by atoms with Gasteiger partial charge in [0.15, 0.2) is 0 Å². The summed E-state index contributed by atoms with van der Waals surface area (Å²) in [5, 5.41) is 3.20. The fourth-order valence-corrected chi connectivity index (χ4v) is 3.16. The number of thiazole rings is 1. The van der Waals surface area contributed by atoms with Gasteiger partial charge in [-0.1, -0.05) is 0 Å². The van der Waals surface area contributed by atoms with E-state index in [2.05, 4.69) is 23.7 Å². The van der Waals surface area contributed by atoms with Gasteiger partial charge < -0.3 is 4.74 Å². The molecule has 3 nitrogen and oxygen atoms in total. The number of rotatable bonds is 3. The Morgan fingerprint density at radius 1 is 1.75 bits per heavy atom. The Bertz CT molecular complexity index is 344. The number of morpholine rings is 1. The molecular formula is C11H17ClN2OS. The van der Waals surface area contributed by atoms with Crippen molar-refractivity contribution in [2.75, 3.05) is 19.8 Å². The van der Waals surface area contributed by atoms with E-state index in [0.29, 0.717) is 18.0 Å². The van der Waals surface area contributed by atoms with Gasteiger partial charge in [-0.3, -0.25) is 4.90 Å². The van der Waals surface area contributed by atoms with E-state index in [4.69, 9.17) is 16.3 Å². The lowest BCUT2D eigenvalue weighted by molar-refractivity contribution is -0.0191. The normalized spacial score (nSPS) is 24.6. The first kappa shape index (κ1) is 12.3. The lowest BCUT2D eigenvalue weighted by Crippen LogP contribution is -2.44. The maximum absolute atomic E-state index is 5.77. The van der Waals surface area contributed by atoms with Crippen molar-refractivity contribution in [1.82, 2.24) is 9.88 Å². The van der Waals surface area contributed by atoms with Crippen LogP contribution in [0.1, 0.15) is 30.6 Å². The van der Waals surface area contributed by atoms with Crippen LogP contribution >= 0.6 is 22.9 Å². The number of ether oxygens (including phenoxy) is 1. The first-order chi connectivity index (χ1) is 7.72. The van der Waals surface area contributed by atoms with Crippen molar-refractivity contribution in [3.05, 3.63) is 16.1 Å². The largest absolute Gasteiger partial charge is 0.379 e. The number of nitrogens with zero attached hydrogens (tertiary/aromatic N) is 2. The highest BCUT2D eigenvalue weighted by atomic mass is 35.5. The third kappa shape index (κ3) is 2.56. The second kappa shape index (κ2) is 5.45. The van der Waals surface area contributed by atoms with Crippen molar-refractivity contribution in [1.29, 1.82) is 0 Å². The maximum Gasteiger partial charge on any atom is 0.110 e. The maximum atomic E-state index is 5.77. The average Bonchev–Trinajstić information content (AvgIpc) is 2.77. The Kier molecular flexibility index (Phi) is 4.19. The van der Waals surface area contributed by atoms with E-state index in [1.165, 1.54) is 0 Å². The van der Waals surface area contributed by atoms with Gasteiger partial charge in [-0.05, 0) is 13.8 Å². The Labute approximate surface area is 105 Å². The monoisotopic (exact) mass is 260 g/mol. The van der Waals surface area contributed by atoms with Crippen LogP contribution < -0.4 is 0 Å². The molecule has 0 bridgehead atoms. The highest BCUT2D eigenvalue weighted by Gasteiger charge is 2.26. The van der Waals surface area contributed by atoms with Gasteiger partial charge in [0.2, 0.25) is 0 Å². The molecule has 0 aliphatic carbocycles. The predicted octanol–water partition coefficient (Wildman–Crippen LogP) is 2.66. The number of hydrogen-bond donors (Lipinski definition) is 0. The van der Waals surface area contributed by atoms with Crippen LogP contribution in [0.2, 0.25) is 0 Å². The highest BCUT2D eigenvalue weighted by Crippen LogP contribution is 2.27. The van der Waals surface area contributed by atoms with Gasteiger partial charge >= 0.3 is 0 Å². The molecule has 0 radical (unpaired) electrons. The van der Waals surface area contributed by atoms with E-state index in [1.807, 2.05) is 5.38 Å². The quantitative estimate of drug-likeness (QED) is 0.782. The molecule has 0 saturated carbocycles. The molecule has 16 heavy (non-hydrogen) atoms. The van der Waals surface area contributed by atoms with Crippen LogP contribution in [0.3, 0.4) is 0 Å². The van der Waals surface area contributed by atoms with Gasteiger partial charge in [-0.2, -0.15) is 0 Å². The minimum Gasteiger partial charge on any atom is -0.379 e. The van der Waals surface area contributed by atoms with E-state index in [0.717, 1.165) is 30.5 Å².